The fourth-order valence-corrected chi connectivity index (χ4v) is 6.14. The number of amides is 4. The minimum Gasteiger partial charge on any atom is -0.376 e. The van der Waals surface area contributed by atoms with E-state index in [0.29, 0.717) is 28.2 Å². The van der Waals surface area contributed by atoms with Gasteiger partial charge in [-0.1, -0.05) is 42.5 Å². The number of halogens is 2. The van der Waals surface area contributed by atoms with Crippen LogP contribution in [0, 0.1) is 11.6 Å². The molecule has 0 bridgehead atoms. The first-order chi connectivity index (χ1) is 25.5. The number of anilines is 1. The zero-order chi connectivity index (χ0) is 37.6. The Morgan fingerprint density at radius 2 is 1.66 bits per heavy atom. The van der Waals surface area contributed by atoms with Crippen molar-refractivity contribution in [2.45, 2.75) is 31.1 Å². The van der Waals surface area contributed by atoms with E-state index in [1.54, 1.807) is 49.5 Å². The van der Waals surface area contributed by atoms with Crippen LogP contribution in [-0.2, 0) is 39.3 Å². The molecule has 3 heterocycles. The highest BCUT2D eigenvalue weighted by Crippen LogP contribution is 2.46. The lowest BCUT2D eigenvalue weighted by Crippen LogP contribution is -2.52. The Hall–Kier alpha value is -6.56. The van der Waals surface area contributed by atoms with Crippen molar-refractivity contribution in [3.63, 3.8) is 0 Å². The van der Waals surface area contributed by atoms with Crippen LogP contribution in [0.5, 0.6) is 0 Å². The summed E-state index contributed by atoms with van der Waals surface area (Å²) in [4.78, 5) is 68.3. The van der Waals surface area contributed by atoms with Crippen molar-refractivity contribution >= 4 is 40.1 Å². The number of aryl methyl sites for hydroxylation is 1. The topological polar surface area (TPSA) is 220 Å². The highest BCUT2D eigenvalue weighted by atomic mass is 19.1. The van der Waals surface area contributed by atoms with E-state index >= 15 is 0 Å². The van der Waals surface area contributed by atoms with Gasteiger partial charge in [0, 0.05) is 24.5 Å². The van der Waals surface area contributed by atoms with Crippen LogP contribution in [0.3, 0.4) is 0 Å². The molecule has 0 spiro atoms. The van der Waals surface area contributed by atoms with Crippen molar-refractivity contribution in [2.75, 3.05) is 25.0 Å². The summed E-state index contributed by atoms with van der Waals surface area (Å²) < 4.78 is 31.4. The smallest absolute Gasteiger partial charge is 0.276 e. The third-order valence-electron chi connectivity index (χ3n) is 8.66. The minimum absolute atomic E-state index is 0.00748. The summed E-state index contributed by atoms with van der Waals surface area (Å²) in [5.41, 5.74) is 6.56. The summed E-state index contributed by atoms with van der Waals surface area (Å²) in [5.74, 6) is -3.96. The van der Waals surface area contributed by atoms with Gasteiger partial charge in [0.05, 0.1) is 42.7 Å². The first-order valence-electron chi connectivity index (χ1n) is 16.5. The van der Waals surface area contributed by atoms with Gasteiger partial charge in [-0.2, -0.15) is 10.2 Å². The number of hydrogen-bond acceptors (Lipinski definition) is 10. The Morgan fingerprint density at radius 3 is 2.36 bits per heavy atom. The molecule has 6 rings (SSSR count). The average Bonchev–Trinajstić information content (AvgIpc) is 3.58. The van der Waals surface area contributed by atoms with Crippen LogP contribution in [0.2, 0.25) is 0 Å². The largest absolute Gasteiger partial charge is 0.376 e. The number of nitrogens with one attached hydrogen (secondary N) is 5. The number of carbonyl (C=O) groups excluding carboxylic acids is 4. The van der Waals surface area contributed by atoms with Crippen LogP contribution in [0.25, 0.3) is 10.8 Å². The molecule has 0 aliphatic carbocycles. The first kappa shape index (κ1) is 36.2. The van der Waals surface area contributed by atoms with E-state index in [1.165, 1.54) is 29.2 Å². The summed E-state index contributed by atoms with van der Waals surface area (Å²) in [6, 6.07) is 15.2. The van der Waals surface area contributed by atoms with E-state index in [2.05, 4.69) is 41.8 Å². The van der Waals surface area contributed by atoms with Crippen LogP contribution in [0.15, 0.2) is 77.9 Å². The average molecular weight is 728 g/mol. The normalized spacial score (nSPS) is 15.2. The number of rotatable bonds is 13. The predicted octanol–water partition coefficient (Wildman–Crippen LogP) is 0.0942. The summed E-state index contributed by atoms with van der Waals surface area (Å²) in [6.07, 6.45) is 1.44. The molecule has 0 unspecified atom stereocenters. The molecule has 2 aromatic heterocycles. The molecular formula is C35H35F2N11O5. The quantitative estimate of drug-likeness (QED) is 0.0961. The number of nitrogens with zero attached hydrogens (tertiary/aromatic N) is 5. The molecule has 0 radical (unpaired) electrons. The van der Waals surface area contributed by atoms with Crippen molar-refractivity contribution in [1.29, 1.82) is 0 Å². The van der Waals surface area contributed by atoms with Gasteiger partial charge < -0.3 is 32.3 Å². The number of benzene rings is 3. The Labute approximate surface area is 300 Å². The van der Waals surface area contributed by atoms with Crippen LogP contribution in [0.1, 0.15) is 34.6 Å². The molecule has 3 aromatic carbocycles. The maximum atomic E-state index is 15.0. The Bertz CT molecular complexity index is 2230. The second-order valence-electron chi connectivity index (χ2n) is 12.2. The molecule has 1 aliphatic heterocycles. The van der Waals surface area contributed by atoms with Crippen molar-refractivity contribution in [3.05, 3.63) is 118 Å². The van der Waals surface area contributed by atoms with E-state index in [0.717, 1.165) is 16.3 Å². The van der Waals surface area contributed by atoms with Gasteiger partial charge >= 0.3 is 0 Å². The predicted molar refractivity (Wildman–Crippen MR) is 187 cm³/mol. The summed E-state index contributed by atoms with van der Waals surface area (Å²) in [6.45, 7) is -1.70. The van der Waals surface area contributed by atoms with Crippen LogP contribution in [-0.4, -0.2) is 73.8 Å². The Morgan fingerprint density at radius 1 is 0.925 bits per heavy atom. The summed E-state index contributed by atoms with van der Waals surface area (Å²) in [5, 5.41) is 22.4. The summed E-state index contributed by atoms with van der Waals surface area (Å²) in [7, 11) is 1.68. The molecular weight excluding hydrogens is 692 g/mol. The number of nitrogens with two attached hydrogens (primary N) is 1. The lowest BCUT2D eigenvalue weighted by Gasteiger charge is -2.34. The molecule has 53 heavy (non-hydrogen) atoms. The molecule has 0 saturated heterocycles. The zero-order valence-corrected chi connectivity index (χ0v) is 28.3. The third-order valence-corrected chi connectivity index (χ3v) is 8.66. The standard InChI is InChI=1S/C35H35F2N11O5/c1-47-33(41-17-43-47)30-31(20-7-9-21(36)10-8-20)45-24-13-22(37)12-23-29(24)32(30)46-48(35(23)53)18-42-27(50)15-40-34(52)25(11-19-5-3-2-4-6-19)44-28(51)16-39-26(49)14-38/h2-10,12-13,17,25,30-31,45H,11,14-16,18,38H2,1H3,(H,39,49)(H,40,52)(H,42,50)(H,44,51)/t25-,30+,31+/m0/s1. The van der Waals surface area contributed by atoms with Gasteiger partial charge in [0.1, 0.15) is 36.5 Å². The van der Waals surface area contributed by atoms with Gasteiger partial charge in [-0.15, -0.1) is 0 Å². The maximum Gasteiger partial charge on any atom is 0.276 e. The lowest BCUT2D eigenvalue weighted by atomic mass is 9.83. The minimum atomic E-state index is -1.10. The van der Waals surface area contributed by atoms with Gasteiger partial charge in [0.15, 0.2) is 0 Å². The highest BCUT2D eigenvalue weighted by molar-refractivity contribution is 5.97. The van der Waals surface area contributed by atoms with Gasteiger partial charge in [-0.3, -0.25) is 28.7 Å². The van der Waals surface area contributed by atoms with Crippen molar-refractivity contribution < 1.29 is 28.0 Å². The Kier molecular flexibility index (Phi) is 10.8. The molecule has 4 amide bonds. The molecule has 5 aromatic rings. The number of aromatic nitrogens is 5. The van der Waals surface area contributed by atoms with Crippen molar-refractivity contribution in [1.82, 2.24) is 45.8 Å². The molecule has 274 valence electrons. The van der Waals surface area contributed by atoms with Crippen LogP contribution >= 0.6 is 0 Å². The molecule has 7 N–H and O–H groups in total. The maximum absolute atomic E-state index is 15.0. The monoisotopic (exact) mass is 727 g/mol. The van der Waals surface area contributed by atoms with Gasteiger partial charge in [-0.05, 0) is 35.4 Å². The van der Waals surface area contributed by atoms with Crippen LogP contribution < -0.4 is 37.9 Å². The molecule has 0 fully saturated rings. The zero-order valence-electron chi connectivity index (χ0n) is 28.3. The SMILES string of the molecule is Cn1ncnc1[C@H]1c2nn(CNC(=O)CNC(=O)[C@H](Cc3ccccc3)NC(=O)CNC(=O)CN)c(=O)c3cc(F)cc(c23)N[C@@H]1c1ccc(F)cc1. The fraction of sp³-hybridized carbons (Fsp3) is 0.257. The highest BCUT2D eigenvalue weighted by Gasteiger charge is 2.38. The van der Waals surface area contributed by atoms with E-state index in [4.69, 9.17) is 5.73 Å². The second-order valence-corrected chi connectivity index (χ2v) is 12.2. The van der Waals surface area contributed by atoms with E-state index in [1.807, 2.05) is 0 Å². The van der Waals surface area contributed by atoms with Crippen molar-refractivity contribution in [2.24, 2.45) is 12.8 Å². The van der Waals surface area contributed by atoms with Gasteiger partial charge in [-0.25, -0.2) is 18.4 Å². The third kappa shape index (κ3) is 8.17. The summed E-state index contributed by atoms with van der Waals surface area (Å²) >= 11 is 0. The van der Waals surface area contributed by atoms with E-state index in [-0.39, 0.29) is 18.4 Å². The lowest BCUT2D eigenvalue weighted by molar-refractivity contribution is -0.130. The molecule has 3 atom stereocenters. The Balaban J connectivity index is 1.22. The second kappa shape index (κ2) is 15.8. The first-order valence-corrected chi connectivity index (χ1v) is 16.5. The molecule has 1 aliphatic rings. The molecule has 18 heteroatoms. The van der Waals surface area contributed by atoms with Crippen molar-refractivity contribution in [3.8, 4) is 0 Å². The van der Waals surface area contributed by atoms with Gasteiger partial charge in [0.2, 0.25) is 23.6 Å². The molecule has 0 saturated carbocycles. The number of carbonyl (C=O) groups is 4. The van der Waals surface area contributed by atoms with Gasteiger partial charge in [0.25, 0.3) is 5.56 Å². The van der Waals surface area contributed by atoms with Crippen LogP contribution in [0.4, 0.5) is 14.5 Å². The fourth-order valence-electron chi connectivity index (χ4n) is 6.14. The van der Waals surface area contributed by atoms with E-state index in [9.17, 15) is 32.8 Å². The number of hydrogen-bond donors (Lipinski definition) is 6. The molecule has 16 nitrogen and oxygen atoms in total. The van der Waals surface area contributed by atoms with E-state index < -0.39 is 78.6 Å².